The molecular formula is C4HF8O3S. The van der Waals surface area contributed by atoms with E-state index in [4.69, 9.17) is 4.55 Å². The van der Waals surface area contributed by atoms with Crippen molar-refractivity contribution in [3.63, 3.8) is 0 Å². The second-order valence-corrected chi connectivity index (χ2v) is 3.84. The molecule has 0 aliphatic rings. The highest BCUT2D eigenvalue weighted by molar-refractivity contribution is 7.87. The molecule has 0 atom stereocenters. The maximum absolute atomic E-state index is 12.2. The summed E-state index contributed by atoms with van der Waals surface area (Å²) in [5.74, 6) is -6.72. The summed E-state index contributed by atoms with van der Waals surface area (Å²) in [5.41, 5.74) is 0. The van der Waals surface area contributed by atoms with Gasteiger partial charge in [0.25, 0.3) is 0 Å². The molecule has 0 aliphatic carbocycles. The molecule has 0 aromatic carbocycles. The van der Waals surface area contributed by atoms with Crippen LogP contribution < -0.4 is 0 Å². The van der Waals surface area contributed by atoms with Gasteiger partial charge in [-0.25, -0.2) is 4.39 Å². The Morgan fingerprint density at radius 2 is 1.25 bits per heavy atom. The summed E-state index contributed by atoms with van der Waals surface area (Å²) in [6.45, 7) is 0. The van der Waals surface area contributed by atoms with Crippen molar-refractivity contribution in [2.45, 2.75) is 17.4 Å². The van der Waals surface area contributed by atoms with Gasteiger partial charge in [0, 0.05) is 0 Å². The highest BCUT2D eigenvalue weighted by Crippen LogP contribution is 2.50. The van der Waals surface area contributed by atoms with Crippen molar-refractivity contribution in [2.75, 3.05) is 0 Å². The van der Waals surface area contributed by atoms with E-state index in [9.17, 15) is 43.5 Å². The van der Waals surface area contributed by atoms with Crippen molar-refractivity contribution >= 4 is 10.1 Å². The second-order valence-electron chi connectivity index (χ2n) is 2.38. The van der Waals surface area contributed by atoms with E-state index in [-0.39, 0.29) is 0 Å². The Labute approximate surface area is 82.8 Å². The third-order valence-corrected chi connectivity index (χ3v) is 2.12. The summed E-state index contributed by atoms with van der Waals surface area (Å²) in [6, 6.07) is 0. The van der Waals surface area contributed by atoms with Crippen molar-refractivity contribution in [1.82, 2.24) is 0 Å². The molecular weight excluding hydrogens is 280 g/mol. The SMILES string of the molecule is O=S(=O)(O)C(F)(F)C(F)(F)[C](F)C(F)(F)F. The molecule has 0 amide bonds. The molecule has 16 heavy (non-hydrogen) atoms. The minimum Gasteiger partial charge on any atom is -0.281 e. The predicted molar refractivity (Wildman–Crippen MR) is 31.8 cm³/mol. The first kappa shape index (κ1) is 15.3. The van der Waals surface area contributed by atoms with Crippen LogP contribution in [0.3, 0.4) is 0 Å². The highest BCUT2D eigenvalue weighted by atomic mass is 32.2. The highest BCUT2D eigenvalue weighted by Gasteiger charge is 2.76. The monoisotopic (exact) mass is 281 g/mol. The lowest BCUT2D eigenvalue weighted by atomic mass is 10.2. The first-order valence-electron chi connectivity index (χ1n) is 2.98. The maximum Gasteiger partial charge on any atom is 0.435 e. The molecule has 0 aliphatic heterocycles. The lowest BCUT2D eigenvalue weighted by Crippen LogP contribution is -2.52. The van der Waals surface area contributed by atoms with Gasteiger partial charge in [-0.3, -0.25) is 4.55 Å². The van der Waals surface area contributed by atoms with Crippen molar-refractivity contribution in [3.05, 3.63) is 6.17 Å². The standard InChI is InChI=1S/C4HF8O3S/c5-1(3(8,9)10)2(6,7)4(11,12)16(13,14)15/h(H,13,14,15). The van der Waals surface area contributed by atoms with Crippen LogP contribution in [0.25, 0.3) is 0 Å². The fourth-order valence-corrected chi connectivity index (χ4v) is 0.881. The minimum atomic E-state index is -6.91. The number of alkyl halides is 7. The van der Waals surface area contributed by atoms with Crippen LogP contribution in [0.2, 0.25) is 0 Å². The van der Waals surface area contributed by atoms with Crippen molar-refractivity contribution < 1.29 is 48.1 Å². The minimum absolute atomic E-state index is 4.53. The molecule has 0 aromatic heterocycles. The summed E-state index contributed by atoms with van der Waals surface area (Å²) in [7, 11) is -6.91. The van der Waals surface area contributed by atoms with Gasteiger partial charge < -0.3 is 0 Å². The molecule has 1 N–H and O–H groups in total. The van der Waals surface area contributed by atoms with Gasteiger partial charge in [-0.15, -0.1) is 0 Å². The summed E-state index contributed by atoms with van der Waals surface area (Å²) in [4.78, 5) is 0. The number of halogens is 8. The number of hydrogen-bond donors (Lipinski definition) is 1. The molecule has 97 valence electrons. The third kappa shape index (κ3) is 2.36. The average Bonchev–Trinajstić information content (AvgIpc) is 1.98. The zero-order chi connectivity index (χ0) is 13.6. The molecule has 0 saturated heterocycles. The van der Waals surface area contributed by atoms with E-state index in [2.05, 4.69) is 0 Å². The fraction of sp³-hybridized carbons (Fsp3) is 0.750. The summed E-state index contributed by atoms with van der Waals surface area (Å²) >= 11 is 0. The van der Waals surface area contributed by atoms with Gasteiger partial charge in [-0.1, -0.05) is 0 Å². The molecule has 12 heteroatoms. The molecule has 0 spiro atoms. The molecule has 0 aromatic rings. The van der Waals surface area contributed by atoms with Crippen LogP contribution in [0, 0.1) is 6.17 Å². The number of rotatable bonds is 3. The van der Waals surface area contributed by atoms with Gasteiger partial charge in [0.05, 0.1) is 0 Å². The topological polar surface area (TPSA) is 54.4 Å². The van der Waals surface area contributed by atoms with Crippen LogP contribution >= 0.6 is 0 Å². The summed E-state index contributed by atoms with van der Waals surface area (Å²) < 4.78 is 122. The predicted octanol–water partition coefficient (Wildman–Crippen LogP) is 2.17. The van der Waals surface area contributed by atoms with E-state index in [1.165, 1.54) is 0 Å². The summed E-state index contributed by atoms with van der Waals surface area (Å²) in [6.07, 6.45) is -11.0. The molecule has 3 nitrogen and oxygen atoms in total. The van der Waals surface area contributed by atoms with E-state index >= 15 is 0 Å². The average molecular weight is 281 g/mol. The van der Waals surface area contributed by atoms with Crippen LogP contribution in [0.1, 0.15) is 0 Å². The van der Waals surface area contributed by atoms with Crippen LogP contribution in [-0.2, 0) is 10.1 Å². The van der Waals surface area contributed by atoms with Gasteiger partial charge in [0.1, 0.15) is 0 Å². The third-order valence-electron chi connectivity index (χ3n) is 1.21. The second kappa shape index (κ2) is 3.68. The van der Waals surface area contributed by atoms with Gasteiger partial charge in [-0.05, 0) is 0 Å². The Morgan fingerprint density at radius 1 is 0.938 bits per heavy atom. The lowest BCUT2D eigenvalue weighted by Gasteiger charge is -2.26. The van der Waals surface area contributed by atoms with Crippen LogP contribution in [0.4, 0.5) is 35.1 Å². The lowest BCUT2D eigenvalue weighted by molar-refractivity contribution is -0.237. The van der Waals surface area contributed by atoms with Crippen LogP contribution in [-0.4, -0.2) is 30.3 Å². The van der Waals surface area contributed by atoms with E-state index in [1.54, 1.807) is 0 Å². The normalized spacial score (nSPS) is 15.6. The number of hydrogen-bond acceptors (Lipinski definition) is 2. The Bertz CT molecular complexity index is 356. The van der Waals surface area contributed by atoms with E-state index < -0.39 is 33.6 Å². The molecule has 0 rings (SSSR count). The van der Waals surface area contributed by atoms with E-state index in [0.29, 0.717) is 0 Å². The smallest absolute Gasteiger partial charge is 0.281 e. The zero-order valence-electron chi connectivity index (χ0n) is 6.70. The van der Waals surface area contributed by atoms with E-state index in [1.807, 2.05) is 0 Å². The quantitative estimate of drug-likeness (QED) is 0.637. The Kier molecular flexibility index (Phi) is 3.53. The zero-order valence-corrected chi connectivity index (χ0v) is 7.51. The van der Waals surface area contributed by atoms with Gasteiger partial charge in [0.15, 0.2) is 0 Å². The first-order valence-corrected chi connectivity index (χ1v) is 4.42. The van der Waals surface area contributed by atoms with Gasteiger partial charge >= 0.3 is 33.6 Å². The van der Waals surface area contributed by atoms with Crippen molar-refractivity contribution in [2.24, 2.45) is 0 Å². The van der Waals surface area contributed by atoms with Gasteiger partial charge in [-0.2, -0.15) is 39.2 Å². The summed E-state index contributed by atoms with van der Waals surface area (Å²) in [5, 5.41) is -6.63. The van der Waals surface area contributed by atoms with Crippen LogP contribution in [0.15, 0.2) is 0 Å². The van der Waals surface area contributed by atoms with Gasteiger partial charge in [0.2, 0.25) is 0 Å². The molecule has 1 radical (unpaired) electrons. The molecule has 0 bridgehead atoms. The largest absolute Gasteiger partial charge is 0.435 e. The van der Waals surface area contributed by atoms with Crippen molar-refractivity contribution in [3.8, 4) is 0 Å². The Hall–Kier alpha value is -0.650. The Morgan fingerprint density at radius 3 is 1.44 bits per heavy atom. The molecule has 0 saturated carbocycles. The van der Waals surface area contributed by atoms with Crippen LogP contribution in [0.5, 0.6) is 0 Å². The fourth-order valence-electron chi connectivity index (χ4n) is 0.468. The Balaban J connectivity index is 5.55. The molecule has 0 heterocycles. The molecule has 0 fully saturated rings. The van der Waals surface area contributed by atoms with Crippen molar-refractivity contribution in [1.29, 1.82) is 0 Å². The van der Waals surface area contributed by atoms with E-state index in [0.717, 1.165) is 0 Å². The molecule has 0 unspecified atom stereocenters. The maximum atomic E-state index is 12.2. The first-order chi connectivity index (χ1) is 6.65.